The number of piperidine rings is 1. The first-order chi connectivity index (χ1) is 16.2. The van der Waals surface area contributed by atoms with Crippen molar-refractivity contribution in [3.63, 3.8) is 0 Å². The molecule has 3 aliphatic rings. The minimum absolute atomic E-state index is 0.131. The van der Waals surface area contributed by atoms with Crippen molar-refractivity contribution in [1.82, 2.24) is 25.3 Å². The molecule has 0 bridgehead atoms. The summed E-state index contributed by atoms with van der Waals surface area (Å²) < 4.78 is 56.7. The van der Waals surface area contributed by atoms with Gasteiger partial charge in [-0.2, -0.15) is 18.3 Å². The number of halogens is 4. The molecule has 0 amide bonds. The summed E-state index contributed by atoms with van der Waals surface area (Å²) >= 11 is 0. The summed E-state index contributed by atoms with van der Waals surface area (Å²) in [5.41, 5.74) is 5.61. The monoisotopic (exact) mass is 481 g/mol. The summed E-state index contributed by atoms with van der Waals surface area (Å²) in [4.78, 5) is 6.11. The fourth-order valence-corrected chi connectivity index (χ4v) is 5.03. The van der Waals surface area contributed by atoms with Crippen LogP contribution in [0, 0.1) is 18.3 Å². The molecule has 34 heavy (non-hydrogen) atoms. The van der Waals surface area contributed by atoms with Gasteiger partial charge in [-0.3, -0.25) is 10.4 Å². The SMILES string of the molecule is C#CCNC1=C(C(F)(F)F)C=NC(N)(c2cnn([C@@H]3CCN(CC4CCCCC4)C[C@H]3F)c2)N1. The second kappa shape index (κ2) is 9.96. The lowest BCUT2D eigenvalue weighted by molar-refractivity contribution is -0.0876. The van der Waals surface area contributed by atoms with Crippen LogP contribution in [0.2, 0.25) is 0 Å². The van der Waals surface area contributed by atoms with Gasteiger partial charge < -0.3 is 15.5 Å². The molecule has 1 aromatic rings. The van der Waals surface area contributed by atoms with E-state index in [2.05, 4.69) is 31.5 Å². The summed E-state index contributed by atoms with van der Waals surface area (Å²) in [6.45, 7) is 1.93. The van der Waals surface area contributed by atoms with Gasteiger partial charge in [0.15, 0.2) is 0 Å². The third-order valence-electron chi connectivity index (χ3n) is 6.87. The number of allylic oxidation sites excluding steroid dienone is 1. The zero-order valence-electron chi connectivity index (χ0n) is 19.0. The molecule has 0 radical (unpaired) electrons. The number of hydrogen-bond donors (Lipinski definition) is 3. The minimum atomic E-state index is -4.65. The van der Waals surface area contributed by atoms with E-state index in [0.717, 1.165) is 13.1 Å². The fourth-order valence-electron chi connectivity index (χ4n) is 5.03. The van der Waals surface area contributed by atoms with E-state index >= 15 is 4.39 Å². The van der Waals surface area contributed by atoms with Crippen LogP contribution in [0.25, 0.3) is 0 Å². The maximum Gasteiger partial charge on any atom is 0.421 e. The van der Waals surface area contributed by atoms with Gasteiger partial charge in [0.05, 0.1) is 24.3 Å². The van der Waals surface area contributed by atoms with Gasteiger partial charge in [0.2, 0.25) is 5.79 Å². The Morgan fingerprint density at radius 2 is 2.03 bits per heavy atom. The fraction of sp³-hybridized carbons (Fsp3) is 0.652. The van der Waals surface area contributed by atoms with E-state index in [1.54, 1.807) is 6.20 Å². The van der Waals surface area contributed by atoms with Gasteiger partial charge in [0, 0.05) is 32.0 Å². The van der Waals surface area contributed by atoms with Crippen LogP contribution in [0.15, 0.2) is 28.8 Å². The smallest absolute Gasteiger partial charge is 0.360 e. The predicted octanol–water partition coefficient (Wildman–Crippen LogP) is 2.79. The molecule has 3 heterocycles. The van der Waals surface area contributed by atoms with Gasteiger partial charge in [0.25, 0.3) is 0 Å². The number of rotatable bonds is 6. The first-order valence-electron chi connectivity index (χ1n) is 11.7. The molecule has 0 aromatic carbocycles. The maximum absolute atomic E-state index is 15.1. The van der Waals surface area contributed by atoms with Crippen molar-refractivity contribution in [2.75, 3.05) is 26.2 Å². The molecule has 0 spiro atoms. The van der Waals surface area contributed by atoms with Crippen LogP contribution in [-0.2, 0) is 5.79 Å². The zero-order valence-corrected chi connectivity index (χ0v) is 19.0. The second-order valence-corrected chi connectivity index (χ2v) is 9.34. The Kier molecular flexibility index (Phi) is 7.19. The number of nitrogens with two attached hydrogens (primary N) is 1. The highest BCUT2D eigenvalue weighted by Crippen LogP contribution is 2.33. The van der Waals surface area contributed by atoms with E-state index in [1.807, 2.05) is 0 Å². The van der Waals surface area contributed by atoms with Crippen LogP contribution in [0.3, 0.4) is 0 Å². The molecule has 4 N–H and O–H groups in total. The summed E-state index contributed by atoms with van der Waals surface area (Å²) in [5, 5.41) is 9.39. The van der Waals surface area contributed by atoms with Crippen molar-refractivity contribution in [2.45, 2.75) is 62.7 Å². The summed E-state index contributed by atoms with van der Waals surface area (Å²) in [6.07, 6.45) is 9.89. The average Bonchev–Trinajstić information content (AvgIpc) is 3.29. The van der Waals surface area contributed by atoms with Crippen LogP contribution in [-0.4, -0.2) is 59.4 Å². The quantitative estimate of drug-likeness (QED) is 0.430. The van der Waals surface area contributed by atoms with Crippen molar-refractivity contribution < 1.29 is 17.6 Å². The number of nitrogens with zero attached hydrogens (tertiary/aromatic N) is 4. The number of hydrogen-bond acceptors (Lipinski definition) is 6. The standard InChI is InChI=1S/C23H31F4N7/c1-2-9-29-21-18(22(25,26)27)12-30-23(28,32-21)17-11-31-34(14-17)20-8-10-33(15-19(20)24)13-16-6-4-3-5-7-16/h1,11-12,14,16,19-20,29,32H,3-10,13,15,28H2/t19-,20-,23?/m1/s1. The minimum Gasteiger partial charge on any atom is -0.360 e. The van der Waals surface area contributed by atoms with Crippen LogP contribution >= 0.6 is 0 Å². The molecule has 7 nitrogen and oxygen atoms in total. The van der Waals surface area contributed by atoms with Crippen molar-refractivity contribution in [3.05, 3.63) is 29.4 Å². The molecular formula is C23H31F4N7. The lowest BCUT2D eigenvalue weighted by Gasteiger charge is -2.37. The van der Waals surface area contributed by atoms with Crippen molar-refractivity contribution in [1.29, 1.82) is 0 Å². The number of nitrogens with one attached hydrogen (secondary N) is 2. The summed E-state index contributed by atoms with van der Waals surface area (Å²) in [6, 6.07) is -0.465. The molecule has 1 aliphatic carbocycles. The van der Waals surface area contributed by atoms with Gasteiger partial charge in [0.1, 0.15) is 17.6 Å². The molecule has 1 saturated carbocycles. The van der Waals surface area contributed by atoms with Gasteiger partial charge >= 0.3 is 6.18 Å². The van der Waals surface area contributed by atoms with Gasteiger partial charge in [-0.25, -0.2) is 9.38 Å². The average molecular weight is 482 g/mol. The first kappa shape index (κ1) is 24.5. The maximum atomic E-state index is 15.1. The van der Waals surface area contributed by atoms with E-state index in [-0.39, 0.29) is 12.4 Å². The van der Waals surface area contributed by atoms with Crippen molar-refractivity contribution in [2.24, 2.45) is 16.6 Å². The van der Waals surface area contributed by atoms with E-state index < -0.39 is 29.7 Å². The Morgan fingerprint density at radius 3 is 2.71 bits per heavy atom. The highest BCUT2D eigenvalue weighted by molar-refractivity contribution is 5.82. The number of aromatic nitrogens is 2. The zero-order chi connectivity index (χ0) is 24.3. The third-order valence-corrected chi connectivity index (χ3v) is 6.87. The van der Waals surface area contributed by atoms with Crippen LogP contribution in [0.1, 0.15) is 50.1 Å². The van der Waals surface area contributed by atoms with E-state index in [4.69, 9.17) is 12.2 Å². The largest absolute Gasteiger partial charge is 0.421 e. The van der Waals surface area contributed by atoms with Gasteiger partial charge in [-0.15, -0.1) is 6.42 Å². The molecule has 1 unspecified atom stereocenters. The lowest BCUT2D eigenvalue weighted by atomic mass is 9.88. The Bertz CT molecular complexity index is 957. The molecule has 2 fully saturated rings. The lowest BCUT2D eigenvalue weighted by Crippen LogP contribution is -2.54. The summed E-state index contributed by atoms with van der Waals surface area (Å²) in [5.74, 6) is 0.819. The third kappa shape index (κ3) is 5.39. The molecular weight excluding hydrogens is 450 g/mol. The molecule has 1 saturated heterocycles. The number of alkyl halides is 4. The Hall–Kier alpha value is -2.58. The Balaban J connectivity index is 1.43. The molecule has 11 heteroatoms. The predicted molar refractivity (Wildman–Crippen MR) is 121 cm³/mol. The van der Waals surface area contributed by atoms with Crippen LogP contribution < -0.4 is 16.4 Å². The number of terminal acetylenes is 1. The highest BCUT2D eigenvalue weighted by atomic mass is 19.4. The topological polar surface area (TPSA) is 83.5 Å². The van der Waals surface area contributed by atoms with Crippen molar-refractivity contribution >= 4 is 6.21 Å². The van der Waals surface area contributed by atoms with Crippen LogP contribution in [0.4, 0.5) is 17.6 Å². The summed E-state index contributed by atoms with van der Waals surface area (Å²) in [7, 11) is 0. The Labute approximate surface area is 196 Å². The molecule has 1 aromatic heterocycles. The first-order valence-corrected chi connectivity index (χ1v) is 11.7. The van der Waals surface area contributed by atoms with Gasteiger partial charge in [-0.1, -0.05) is 25.2 Å². The van der Waals surface area contributed by atoms with E-state index in [0.29, 0.717) is 30.7 Å². The van der Waals surface area contributed by atoms with Gasteiger partial charge in [-0.05, 0) is 25.2 Å². The van der Waals surface area contributed by atoms with E-state index in [1.165, 1.54) is 43.0 Å². The highest BCUT2D eigenvalue weighted by Gasteiger charge is 2.42. The van der Waals surface area contributed by atoms with E-state index in [9.17, 15) is 13.2 Å². The number of likely N-dealkylation sites (tertiary alicyclic amines) is 1. The van der Waals surface area contributed by atoms with Crippen LogP contribution in [0.5, 0.6) is 0 Å². The molecule has 2 aliphatic heterocycles. The normalized spacial score (nSPS) is 29.1. The Morgan fingerprint density at radius 1 is 1.26 bits per heavy atom. The molecule has 186 valence electrons. The molecule has 3 atom stereocenters. The number of aliphatic imine (C=N–C) groups is 1. The molecule has 4 rings (SSSR count). The second-order valence-electron chi connectivity index (χ2n) is 9.34. The van der Waals surface area contributed by atoms with Crippen molar-refractivity contribution in [3.8, 4) is 12.3 Å².